The van der Waals surface area contributed by atoms with E-state index in [1.807, 2.05) is 31.2 Å². The third kappa shape index (κ3) is 3.72. The Bertz CT molecular complexity index is 595. The molecule has 0 aliphatic heterocycles. The molecule has 5 heteroatoms. The van der Waals surface area contributed by atoms with Gasteiger partial charge >= 0.3 is 0 Å². The lowest BCUT2D eigenvalue weighted by Crippen LogP contribution is -2.17. The lowest BCUT2D eigenvalue weighted by molar-refractivity contribution is 0.303. The van der Waals surface area contributed by atoms with Crippen molar-refractivity contribution in [1.29, 1.82) is 0 Å². The highest BCUT2D eigenvalue weighted by Crippen LogP contribution is 2.25. The Morgan fingerprint density at radius 1 is 1.35 bits per heavy atom. The number of hydrogen-bond donors (Lipinski definition) is 1. The number of nitrogens with zero attached hydrogens (tertiary/aromatic N) is 1. The molecule has 0 unspecified atom stereocenters. The Hall–Kier alpha value is -1.10. The van der Waals surface area contributed by atoms with Crippen molar-refractivity contribution in [2.75, 3.05) is 0 Å². The standard InChI is InChI=1S/C15H17ClN2OS/c1-10-2-6-14(13(18-10)8-17-11-3-4-11)19-9-12-5-7-15(16)20-12/h2,5-7,11,17H,3-4,8-9H2,1H3. The summed E-state index contributed by atoms with van der Waals surface area (Å²) in [7, 11) is 0. The average Bonchev–Trinajstić information content (AvgIpc) is 3.17. The number of ether oxygens (including phenoxy) is 1. The molecule has 1 aliphatic rings. The zero-order chi connectivity index (χ0) is 13.9. The second kappa shape index (κ2) is 6.12. The first kappa shape index (κ1) is 13.9. The van der Waals surface area contributed by atoms with E-state index in [0.717, 1.165) is 32.9 Å². The van der Waals surface area contributed by atoms with Crippen molar-refractivity contribution < 1.29 is 4.74 Å². The Morgan fingerprint density at radius 2 is 2.20 bits per heavy atom. The predicted molar refractivity (Wildman–Crippen MR) is 82.5 cm³/mol. The SMILES string of the molecule is Cc1ccc(OCc2ccc(Cl)s2)c(CNC2CC2)n1. The van der Waals surface area contributed by atoms with E-state index >= 15 is 0 Å². The lowest BCUT2D eigenvalue weighted by Gasteiger charge is -2.11. The molecule has 0 aromatic carbocycles. The number of halogens is 1. The predicted octanol–water partition coefficient (Wildman–Crippen LogP) is 3.94. The van der Waals surface area contributed by atoms with Crippen LogP contribution in [0, 0.1) is 6.92 Å². The number of pyridine rings is 1. The molecule has 3 rings (SSSR count). The van der Waals surface area contributed by atoms with E-state index in [4.69, 9.17) is 16.3 Å². The zero-order valence-electron chi connectivity index (χ0n) is 11.4. The van der Waals surface area contributed by atoms with Crippen molar-refractivity contribution in [3.05, 3.63) is 44.9 Å². The van der Waals surface area contributed by atoms with Crippen LogP contribution in [0.5, 0.6) is 5.75 Å². The minimum atomic E-state index is 0.540. The number of hydrogen-bond acceptors (Lipinski definition) is 4. The fraction of sp³-hybridized carbons (Fsp3) is 0.400. The van der Waals surface area contributed by atoms with Gasteiger partial charge in [0.15, 0.2) is 0 Å². The third-order valence-corrected chi connectivity index (χ3v) is 4.41. The third-order valence-electron chi connectivity index (χ3n) is 3.21. The van der Waals surface area contributed by atoms with Gasteiger partial charge in [0.25, 0.3) is 0 Å². The van der Waals surface area contributed by atoms with Crippen molar-refractivity contribution >= 4 is 22.9 Å². The number of nitrogens with one attached hydrogen (secondary N) is 1. The molecule has 2 aromatic rings. The van der Waals surface area contributed by atoms with Gasteiger partial charge in [-0.3, -0.25) is 4.98 Å². The quantitative estimate of drug-likeness (QED) is 0.878. The van der Waals surface area contributed by atoms with Crippen molar-refractivity contribution in [1.82, 2.24) is 10.3 Å². The second-order valence-electron chi connectivity index (χ2n) is 5.05. The van der Waals surface area contributed by atoms with Crippen LogP contribution in [0.3, 0.4) is 0 Å². The van der Waals surface area contributed by atoms with Crippen LogP contribution in [0.1, 0.15) is 29.1 Å². The van der Waals surface area contributed by atoms with Gasteiger partial charge in [-0.25, -0.2) is 0 Å². The monoisotopic (exact) mass is 308 g/mol. The van der Waals surface area contributed by atoms with Crippen LogP contribution in [0.25, 0.3) is 0 Å². The fourth-order valence-corrected chi connectivity index (χ4v) is 2.96. The van der Waals surface area contributed by atoms with Gasteiger partial charge in [-0.2, -0.15) is 0 Å². The molecule has 0 spiro atoms. The van der Waals surface area contributed by atoms with E-state index in [0.29, 0.717) is 12.6 Å². The lowest BCUT2D eigenvalue weighted by atomic mass is 10.3. The molecule has 0 atom stereocenters. The molecule has 3 nitrogen and oxygen atoms in total. The largest absolute Gasteiger partial charge is 0.486 e. The Balaban J connectivity index is 1.66. The molecular formula is C15H17ClN2OS. The van der Waals surface area contributed by atoms with Gasteiger partial charge < -0.3 is 10.1 Å². The normalized spacial score (nSPS) is 14.5. The molecule has 2 aromatic heterocycles. The smallest absolute Gasteiger partial charge is 0.142 e. The average molecular weight is 309 g/mol. The van der Waals surface area contributed by atoms with Crippen molar-refractivity contribution in [3.63, 3.8) is 0 Å². The molecule has 106 valence electrons. The van der Waals surface area contributed by atoms with E-state index in [1.54, 1.807) is 11.3 Å². The Labute approximate surface area is 127 Å². The maximum absolute atomic E-state index is 5.93. The summed E-state index contributed by atoms with van der Waals surface area (Å²) in [5.41, 5.74) is 2.00. The van der Waals surface area contributed by atoms with Crippen molar-refractivity contribution in [3.8, 4) is 5.75 Å². The topological polar surface area (TPSA) is 34.1 Å². The molecule has 1 N–H and O–H groups in total. The zero-order valence-corrected chi connectivity index (χ0v) is 12.9. The number of rotatable bonds is 6. The summed E-state index contributed by atoms with van der Waals surface area (Å²) in [4.78, 5) is 5.70. The molecule has 1 fully saturated rings. The summed E-state index contributed by atoms with van der Waals surface area (Å²) in [5.74, 6) is 0.855. The highest BCUT2D eigenvalue weighted by atomic mass is 35.5. The summed E-state index contributed by atoms with van der Waals surface area (Å²) >= 11 is 7.47. The second-order valence-corrected chi connectivity index (χ2v) is 6.85. The summed E-state index contributed by atoms with van der Waals surface area (Å²) in [6.07, 6.45) is 2.55. The Morgan fingerprint density at radius 3 is 2.90 bits per heavy atom. The van der Waals surface area contributed by atoms with Crippen molar-refractivity contribution in [2.24, 2.45) is 0 Å². The van der Waals surface area contributed by atoms with Crippen LogP contribution in [0.4, 0.5) is 0 Å². The molecule has 20 heavy (non-hydrogen) atoms. The Kier molecular flexibility index (Phi) is 4.24. The van der Waals surface area contributed by atoms with Crippen LogP contribution in [0.15, 0.2) is 24.3 Å². The maximum atomic E-state index is 5.93. The minimum Gasteiger partial charge on any atom is -0.486 e. The van der Waals surface area contributed by atoms with Crippen LogP contribution in [-0.2, 0) is 13.2 Å². The van der Waals surface area contributed by atoms with Gasteiger partial charge in [-0.1, -0.05) is 11.6 Å². The molecule has 0 amide bonds. The van der Waals surface area contributed by atoms with Crippen LogP contribution in [0.2, 0.25) is 4.34 Å². The molecule has 1 aliphatic carbocycles. The van der Waals surface area contributed by atoms with Crippen molar-refractivity contribution in [2.45, 2.75) is 39.0 Å². The molecule has 2 heterocycles. The van der Waals surface area contributed by atoms with Crippen LogP contribution in [-0.4, -0.2) is 11.0 Å². The summed E-state index contributed by atoms with van der Waals surface area (Å²) < 4.78 is 6.69. The van der Waals surface area contributed by atoms with Crippen LogP contribution < -0.4 is 10.1 Å². The molecule has 0 bridgehead atoms. The van der Waals surface area contributed by atoms with Gasteiger partial charge in [0.2, 0.25) is 0 Å². The van der Waals surface area contributed by atoms with Gasteiger partial charge in [0, 0.05) is 23.2 Å². The van der Waals surface area contributed by atoms with E-state index in [9.17, 15) is 0 Å². The molecule has 0 radical (unpaired) electrons. The van der Waals surface area contributed by atoms with Crippen LogP contribution >= 0.6 is 22.9 Å². The molecule has 1 saturated carbocycles. The summed E-state index contributed by atoms with van der Waals surface area (Å²) in [6, 6.07) is 8.55. The van der Waals surface area contributed by atoms with E-state index in [-0.39, 0.29) is 0 Å². The minimum absolute atomic E-state index is 0.540. The molecular weight excluding hydrogens is 292 g/mol. The van der Waals surface area contributed by atoms with E-state index < -0.39 is 0 Å². The maximum Gasteiger partial charge on any atom is 0.142 e. The molecule has 0 saturated heterocycles. The fourth-order valence-electron chi connectivity index (χ4n) is 1.96. The number of aromatic nitrogens is 1. The summed E-state index contributed by atoms with van der Waals surface area (Å²) in [6.45, 7) is 3.31. The van der Waals surface area contributed by atoms with Gasteiger partial charge in [0.1, 0.15) is 12.4 Å². The first-order valence-corrected chi connectivity index (χ1v) is 7.97. The first-order chi connectivity index (χ1) is 9.70. The van der Waals surface area contributed by atoms with Gasteiger partial charge in [-0.15, -0.1) is 11.3 Å². The van der Waals surface area contributed by atoms with Gasteiger partial charge in [0.05, 0.1) is 10.0 Å². The number of aryl methyl sites for hydroxylation is 1. The van der Waals surface area contributed by atoms with Gasteiger partial charge in [-0.05, 0) is 44.0 Å². The highest BCUT2D eigenvalue weighted by Gasteiger charge is 2.21. The van der Waals surface area contributed by atoms with E-state index in [2.05, 4.69) is 10.3 Å². The first-order valence-electron chi connectivity index (χ1n) is 6.77. The number of thiophene rings is 1. The highest BCUT2D eigenvalue weighted by molar-refractivity contribution is 7.16. The van der Waals surface area contributed by atoms with E-state index in [1.165, 1.54) is 12.8 Å². The summed E-state index contributed by atoms with van der Waals surface area (Å²) in [5, 5.41) is 3.48.